The van der Waals surface area contributed by atoms with Gasteiger partial charge in [-0.25, -0.2) is 14.1 Å². The molecule has 4 rings (SSSR count). The Labute approximate surface area is 136 Å². The third kappa shape index (κ3) is 2.52. The molecule has 1 saturated carbocycles. The van der Waals surface area contributed by atoms with Gasteiger partial charge in [-0.05, 0) is 18.4 Å². The lowest BCUT2D eigenvalue weighted by molar-refractivity contribution is -0.142. The molecule has 2 aromatic rings. The van der Waals surface area contributed by atoms with Crippen molar-refractivity contribution >= 4 is 17.7 Å². The van der Waals surface area contributed by atoms with Gasteiger partial charge in [0.05, 0.1) is 11.5 Å². The molecule has 2 heterocycles. The Morgan fingerprint density at radius 3 is 2.78 bits per heavy atom. The average molecular weight is 333 g/mol. The molecule has 0 saturated heterocycles. The highest BCUT2D eigenvalue weighted by molar-refractivity contribution is 7.99. The standard InChI is InChI=1S/C16H16FN3O2S/c17-11-8-12(10-4-2-1-3-5-10)20-13(11)18-15(19-20)23-9-16(6-7-16)14(21)22/h1-5,11-12H,6-9H2,(H,21,22)/t11-,12-/m0/s1. The zero-order chi connectivity index (χ0) is 16.0. The van der Waals surface area contributed by atoms with Crippen molar-refractivity contribution in [2.45, 2.75) is 36.6 Å². The Morgan fingerprint density at radius 1 is 1.39 bits per heavy atom. The smallest absolute Gasteiger partial charge is 0.310 e. The van der Waals surface area contributed by atoms with Crippen molar-refractivity contribution in [2.24, 2.45) is 5.41 Å². The lowest BCUT2D eigenvalue weighted by Crippen LogP contribution is -2.17. The van der Waals surface area contributed by atoms with Crippen LogP contribution < -0.4 is 0 Å². The lowest BCUT2D eigenvalue weighted by Gasteiger charge is -2.11. The molecule has 0 spiro atoms. The van der Waals surface area contributed by atoms with Gasteiger partial charge in [0.2, 0.25) is 5.16 Å². The van der Waals surface area contributed by atoms with E-state index in [1.54, 1.807) is 4.68 Å². The number of carbonyl (C=O) groups is 1. The van der Waals surface area contributed by atoms with E-state index >= 15 is 0 Å². The van der Waals surface area contributed by atoms with Crippen LogP contribution in [0.2, 0.25) is 0 Å². The molecule has 2 atom stereocenters. The van der Waals surface area contributed by atoms with Gasteiger partial charge in [-0.2, -0.15) is 0 Å². The highest BCUT2D eigenvalue weighted by atomic mass is 32.2. The number of aliphatic carboxylic acids is 1. The number of hydrogen-bond acceptors (Lipinski definition) is 4. The van der Waals surface area contributed by atoms with Crippen molar-refractivity contribution in [2.75, 3.05) is 5.75 Å². The quantitative estimate of drug-likeness (QED) is 0.851. The maximum Gasteiger partial charge on any atom is 0.310 e. The molecule has 1 aromatic carbocycles. The Morgan fingerprint density at radius 2 is 2.13 bits per heavy atom. The molecule has 1 aliphatic carbocycles. The molecule has 0 amide bonds. The van der Waals surface area contributed by atoms with Crippen LogP contribution in [-0.2, 0) is 4.79 Å². The summed E-state index contributed by atoms with van der Waals surface area (Å²) < 4.78 is 15.9. The summed E-state index contributed by atoms with van der Waals surface area (Å²) in [6.07, 6.45) is 0.614. The molecule has 0 bridgehead atoms. The van der Waals surface area contributed by atoms with Gasteiger partial charge in [-0.3, -0.25) is 4.79 Å². The van der Waals surface area contributed by atoms with E-state index in [9.17, 15) is 14.3 Å². The topological polar surface area (TPSA) is 68.0 Å². The minimum atomic E-state index is -1.13. The second-order valence-electron chi connectivity index (χ2n) is 6.20. The second kappa shape index (κ2) is 5.33. The third-order valence-corrected chi connectivity index (χ3v) is 5.74. The molecule has 0 unspecified atom stereocenters. The van der Waals surface area contributed by atoms with E-state index in [-0.39, 0.29) is 6.04 Å². The molecule has 7 heteroatoms. The summed E-state index contributed by atoms with van der Waals surface area (Å²) in [7, 11) is 0. The number of halogens is 1. The fourth-order valence-corrected chi connectivity index (χ4v) is 4.07. The van der Waals surface area contributed by atoms with Crippen LogP contribution in [0.15, 0.2) is 35.5 Å². The molecule has 23 heavy (non-hydrogen) atoms. The van der Waals surface area contributed by atoms with Crippen molar-refractivity contribution in [3.63, 3.8) is 0 Å². The minimum Gasteiger partial charge on any atom is -0.481 e. The zero-order valence-corrected chi connectivity index (χ0v) is 13.2. The van der Waals surface area contributed by atoms with Gasteiger partial charge in [-0.15, -0.1) is 5.10 Å². The van der Waals surface area contributed by atoms with E-state index in [0.29, 0.717) is 36.0 Å². The first-order valence-corrected chi connectivity index (χ1v) is 8.59. The van der Waals surface area contributed by atoms with Crippen LogP contribution in [0.5, 0.6) is 0 Å². The Bertz CT molecular complexity index is 745. The molecule has 1 N–H and O–H groups in total. The normalized spacial score (nSPS) is 24.4. The number of rotatable bonds is 5. The minimum absolute atomic E-state index is 0.141. The number of carboxylic acids is 1. The SMILES string of the molecule is O=C(O)C1(CSc2nc3n(n2)[C@H](c2ccccc2)C[C@@H]3F)CC1. The first-order valence-electron chi connectivity index (χ1n) is 7.61. The second-order valence-corrected chi connectivity index (χ2v) is 7.14. The number of thioether (sulfide) groups is 1. The lowest BCUT2D eigenvalue weighted by atomic mass is 10.0. The highest BCUT2D eigenvalue weighted by Gasteiger charge is 2.50. The van der Waals surface area contributed by atoms with Crippen LogP contribution in [0.1, 0.15) is 42.9 Å². The highest BCUT2D eigenvalue weighted by Crippen LogP contribution is 2.49. The van der Waals surface area contributed by atoms with Gasteiger partial charge in [0.1, 0.15) is 0 Å². The van der Waals surface area contributed by atoms with Crippen molar-refractivity contribution in [1.29, 1.82) is 0 Å². The zero-order valence-electron chi connectivity index (χ0n) is 12.4. The summed E-state index contributed by atoms with van der Waals surface area (Å²) in [4.78, 5) is 15.5. The Hall–Kier alpha value is -1.89. The summed E-state index contributed by atoms with van der Waals surface area (Å²) in [6.45, 7) is 0. The van der Waals surface area contributed by atoms with Gasteiger partial charge in [-0.1, -0.05) is 42.1 Å². The van der Waals surface area contributed by atoms with Crippen LogP contribution in [-0.4, -0.2) is 31.6 Å². The number of aromatic nitrogens is 3. The molecule has 0 radical (unpaired) electrons. The Balaban J connectivity index is 1.55. The predicted octanol–water partition coefficient (Wildman–Crippen LogP) is 3.24. The summed E-state index contributed by atoms with van der Waals surface area (Å²) in [6, 6.07) is 9.57. The van der Waals surface area contributed by atoms with E-state index in [1.807, 2.05) is 30.3 Å². The number of benzene rings is 1. The van der Waals surface area contributed by atoms with Gasteiger partial charge in [0.25, 0.3) is 0 Å². The molecule has 2 aliphatic rings. The molecule has 120 valence electrons. The van der Waals surface area contributed by atoms with E-state index in [0.717, 1.165) is 5.56 Å². The van der Waals surface area contributed by atoms with Gasteiger partial charge in [0, 0.05) is 12.2 Å². The largest absolute Gasteiger partial charge is 0.481 e. The van der Waals surface area contributed by atoms with E-state index < -0.39 is 17.6 Å². The fourth-order valence-electron chi connectivity index (χ4n) is 2.95. The molecule has 1 aliphatic heterocycles. The van der Waals surface area contributed by atoms with Crippen molar-refractivity contribution in [3.8, 4) is 0 Å². The van der Waals surface area contributed by atoms with Crippen LogP contribution in [0.4, 0.5) is 4.39 Å². The molecule has 5 nitrogen and oxygen atoms in total. The molecular weight excluding hydrogens is 317 g/mol. The number of alkyl halides is 1. The van der Waals surface area contributed by atoms with Crippen LogP contribution >= 0.6 is 11.8 Å². The number of carboxylic acid groups (broad SMARTS) is 1. The van der Waals surface area contributed by atoms with E-state index in [1.165, 1.54) is 11.8 Å². The van der Waals surface area contributed by atoms with Gasteiger partial charge >= 0.3 is 5.97 Å². The van der Waals surface area contributed by atoms with Crippen LogP contribution in [0.25, 0.3) is 0 Å². The predicted molar refractivity (Wildman–Crippen MR) is 83.1 cm³/mol. The molecular formula is C16H16FN3O2S. The third-order valence-electron chi connectivity index (χ3n) is 4.61. The summed E-state index contributed by atoms with van der Waals surface area (Å²) >= 11 is 1.31. The van der Waals surface area contributed by atoms with Crippen molar-refractivity contribution < 1.29 is 14.3 Å². The first-order chi connectivity index (χ1) is 11.1. The maximum absolute atomic E-state index is 14.3. The fraction of sp³-hybridized carbons (Fsp3) is 0.438. The summed E-state index contributed by atoms with van der Waals surface area (Å²) in [5.41, 5.74) is 0.383. The Kier molecular flexibility index (Phi) is 3.41. The monoisotopic (exact) mass is 333 g/mol. The first kappa shape index (κ1) is 14.7. The summed E-state index contributed by atoms with van der Waals surface area (Å²) in [5.74, 6) is 0.0301. The van der Waals surface area contributed by atoms with E-state index in [4.69, 9.17) is 0 Å². The maximum atomic E-state index is 14.3. The van der Waals surface area contributed by atoms with Gasteiger partial charge in [0.15, 0.2) is 12.0 Å². The average Bonchev–Trinajstić information content (AvgIpc) is 3.14. The van der Waals surface area contributed by atoms with Crippen LogP contribution in [0.3, 0.4) is 0 Å². The van der Waals surface area contributed by atoms with E-state index in [2.05, 4.69) is 10.1 Å². The molecule has 1 aromatic heterocycles. The van der Waals surface area contributed by atoms with Crippen molar-refractivity contribution in [1.82, 2.24) is 14.8 Å². The van der Waals surface area contributed by atoms with Crippen LogP contribution in [0, 0.1) is 5.41 Å². The molecule has 1 fully saturated rings. The number of nitrogens with zero attached hydrogens (tertiary/aromatic N) is 3. The van der Waals surface area contributed by atoms with Crippen molar-refractivity contribution in [3.05, 3.63) is 41.7 Å². The number of hydrogen-bond donors (Lipinski definition) is 1. The summed E-state index contributed by atoms with van der Waals surface area (Å²) in [5, 5.41) is 14.1. The number of fused-ring (bicyclic) bond motifs is 1. The van der Waals surface area contributed by atoms with Gasteiger partial charge < -0.3 is 5.11 Å².